The molecule has 2 heterocycles. The Bertz CT molecular complexity index is 751. The van der Waals surface area contributed by atoms with E-state index in [1.165, 1.54) is 4.90 Å². The number of likely N-dealkylation sites (tertiary alicyclic amines) is 1. The summed E-state index contributed by atoms with van der Waals surface area (Å²) in [6.45, 7) is 7.28. The van der Waals surface area contributed by atoms with Gasteiger partial charge in [0.15, 0.2) is 0 Å². The fraction of sp³-hybridized carbons (Fsp3) is 0.545. The molecule has 0 atom stereocenters. The Morgan fingerprint density at radius 2 is 1.82 bits per heavy atom. The molecule has 28 heavy (non-hydrogen) atoms. The van der Waals surface area contributed by atoms with Crippen molar-refractivity contribution in [2.75, 3.05) is 40.0 Å². The highest BCUT2D eigenvalue weighted by molar-refractivity contribution is 6.36. The SMILES string of the molecule is CCOCCCN1C(=O)C(c2ccccc2OC)=C(N2CCC(C)CC2)C1=O. The highest BCUT2D eigenvalue weighted by Gasteiger charge is 2.42. The van der Waals surface area contributed by atoms with E-state index in [1.807, 2.05) is 31.2 Å². The third-order valence-corrected chi connectivity index (χ3v) is 5.49. The molecule has 2 aliphatic rings. The van der Waals surface area contributed by atoms with Gasteiger partial charge in [-0.1, -0.05) is 25.1 Å². The van der Waals surface area contributed by atoms with Crippen LogP contribution in [0.3, 0.4) is 0 Å². The Hall–Kier alpha value is -2.34. The Kier molecular flexibility index (Phi) is 6.73. The molecule has 3 rings (SSSR count). The number of benzene rings is 1. The Balaban J connectivity index is 1.95. The first-order valence-electron chi connectivity index (χ1n) is 10.1. The van der Waals surface area contributed by atoms with Crippen LogP contribution in [0.5, 0.6) is 5.75 Å². The summed E-state index contributed by atoms with van der Waals surface area (Å²) < 4.78 is 10.9. The first-order chi connectivity index (χ1) is 13.6. The fourth-order valence-corrected chi connectivity index (χ4v) is 3.85. The lowest BCUT2D eigenvalue weighted by Crippen LogP contribution is -2.39. The number of amides is 2. The van der Waals surface area contributed by atoms with Crippen LogP contribution in [0.1, 0.15) is 38.7 Å². The number of hydrogen-bond acceptors (Lipinski definition) is 5. The molecule has 2 amide bonds. The molecule has 0 N–H and O–H groups in total. The molecular weight excluding hydrogens is 356 g/mol. The average Bonchev–Trinajstić information content (AvgIpc) is 2.96. The second-order valence-corrected chi connectivity index (χ2v) is 7.41. The second kappa shape index (κ2) is 9.24. The molecule has 1 aromatic carbocycles. The van der Waals surface area contributed by atoms with Crippen LogP contribution in [-0.2, 0) is 14.3 Å². The maximum atomic E-state index is 13.3. The van der Waals surface area contributed by atoms with Crippen LogP contribution < -0.4 is 4.74 Å². The molecule has 1 saturated heterocycles. The monoisotopic (exact) mass is 386 g/mol. The number of hydrogen-bond donors (Lipinski definition) is 0. The third kappa shape index (κ3) is 4.07. The van der Waals surface area contributed by atoms with Crippen molar-refractivity contribution in [2.24, 2.45) is 5.92 Å². The minimum absolute atomic E-state index is 0.197. The number of methoxy groups -OCH3 is 1. The van der Waals surface area contributed by atoms with E-state index < -0.39 is 0 Å². The highest BCUT2D eigenvalue weighted by Crippen LogP contribution is 2.37. The molecule has 1 fully saturated rings. The van der Waals surface area contributed by atoms with E-state index in [0.717, 1.165) is 25.9 Å². The summed E-state index contributed by atoms with van der Waals surface area (Å²) in [6, 6.07) is 7.42. The summed E-state index contributed by atoms with van der Waals surface area (Å²) in [7, 11) is 1.59. The molecule has 6 heteroatoms. The number of imide groups is 1. The van der Waals surface area contributed by atoms with Gasteiger partial charge in [-0.3, -0.25) is 14.5 Å². The van der Waals surface area contributed by atoms with Gasteiger partial charge >= 0.3 is 0 Å². The lowest BCUT2D eigenvalue weighted by molar-refractivity contribution is -0.137. The summed E-state index contributed by atoms with van der Waals surface area (Å²) in [5, 5.41) is 0. The van der Waals surface area contributed by atoms with Gasteiger partial charge in [-0.15, -0.1) is 0 Å². The van der Waals surface area contributed by atoms with Crippen molar-refractivity contribution in [3.05, 3.63) is 35.5 Å². The lowest BCUT2D eigenvalue weighted by atomic mass is 9.97. The zero-order chi connectivity index (χ0) is 20.1. The van der Waals surface area contributed by atoms with Crippen molar-refractivity contribution in [1.29, 1.82) is 0 Å². The van der Waals surface area contributed by atoms with E-state index in [0.29, 0.717) is 54.7 Å². The Morgan fingerprint density at radius 1 is 1.11 bits per heavy atom. The van der Waals surface area contributed by atoms with E-state index in [-0.39, 0.29) is 11.8 Å². The van der Waals surface area contributed by atoms with Gasteiger partial charge in [0.2, 0.25) is 0 Å². The number of rotatable bonds is 8. The predicted molar refractivity (Wildman–Crippen MR) is 108 cm³/mol. The molecule has 0 saturated carbocycles. The minimum atomic E-state index is -0.236. The minimum Gasteiger partial charge on any atom is -0.496 e. The van der Waals surface area contributed by atoms with E-state index in [1.54, 1.807) is 7.11 Å². The number of nitrogens with zero attached hydrogens (tertiary/aromatic N) is 2. The van der Waals surface area contributed by atoms with E-state index >= 15 is 0 Å². The number of ether oxygens (including phenoxy) is 2. The van der Waals surface area contributed by atoms with Gasteiger partial charge in [-0.2, -0.15) is 0 Å². The van der Waals surface area contributed by atoms with Crippen molar-refractivity contribution in [1.82, 2.24) is 9.80 Å². The van der Waals surface area contributed by atoms with Gasteiger partial charge in [0, 0.05) is 38.4 Å². The summed E-state index contributed by atoms with van der Waals surface area (Å²) in [6.07, 6.45) is 2.68. The normalized spacial score (nSPS) is 18.4. The van der Waals surface area contributed by atoms with Crippen LogP contribution in [-0.4, -0.2) is 61.6 Å². The maximum Gasteiger partial charge on any atom is 0.277 e. The molecule has 1 aromatic rings. The summed E-state index contributed by atoms with van der Waals surface area (Å²) in [5.41, 5.74) is 1.68. The highest BCUT2D eigenvalue weighted by atomic mass is 16.5. The second-order valence-electron chi connectivity index (χ2n) is 7.41. The van der Waals surface area contributed by atoms with Gasteiger partial charge in [0.05, 0.1) is 12.7 Å². The first-order valence-corrected chi connectivity index (χ1v) is 10.1. The first kappa shape index (κ1) is 20.4. The molecule has 2 aliphatic heterocycles. The van der Waals surface area contributed by atoms with Gasteiger partial charge in [-0.25, -0.2) is 0 Å². The molecule has 0 spiro atoms. The van der Waals surface area contributed by atoms with Crippen molar-refractivity contribution in [2.45, 2.75) is 33.1 Å². The third-order valence-electron chi connectivity index (χ3n) is 5.49. The number of piperidine rings is 1. The molecule has 0 bridgehead atoms. The van der Waals surface area contributed by atoms with Gasteiger partial charge < -0.3 is 14.4 Å². The van der Waals surface area contributed by atoms with Crippen LogP contribution in [0.15, 0.2) is 30.0 Å². The van der Waals surface area contributed by atoms with Crippen LogP contribution in [0.4, 0.5) is 0 Å². The lowest BCUT2D eigenvalue weighted by Gasteiger charge is -2.32. The fourth-order valence-electron chi connectivity index (χ4n) is 3.85. The van der Waals surface area contributed by atoms with Crippen LogP contribution in [0, 0.1) is 5.92 Å². The number of carbonyl (C=O) groups is 2. The number of para-hydroxylation sites is 1. The molecule has 0 radical (unpaired) electrons. The van der Waals surface area contributed by atoms with Crippen molar-refractivity contribution < 1.29 is 19.1 Å². The van der Waals surface area contributed by atoms with Crippen LogP contribution >= 0.6 is 0 Å². The van der Waals surface area contributed by atoms with Crippen LogP contribution in [0.25, 0.3) is 5.57 Å². The smallest absolute Gasteiger partial charge is 0.277 e. The zero-order valence-electron chi connectivity index (χ0n) is 17.1. The Labute approximate surface area is 167 Å². The average molecular weight is 386 g/mol. The summed E-state index contributed by atoms with van der Waals surface area (Å²) in [5.74, 6) is 0.815. The largest absolute Gasteiger partial charge is 0.496 e. The zero-order valence-corrected chi connectivity index (χ0v) is 17.1. The Morgan fingerprint density at radius 3 is 2.50 bits per heavy atom. The van der Waals surface area contributed by atoms with Gasteiger partial charge in [0.1, 0.15) is 11.4 Å². The number of carbonyl (C=O) groups excluding carboxylic acids is 2. The molecule has 6 nitrogen and oxygen atoms in total. The molecule has 0 aromatic heterocycles. The maximum absolute atomic E-state index is 13.3. The van der Waals surface area contributed by atoms with E-state index in [4.69, 9.17) is 9.47 Å². The topological polar surface area (TPSA) is 59.1 Å². The molecular formula is C22H30N2O4. The van der Waals surface area contributed by atoms with Gasteiger partial charge in [0.25, 0.3) is 11.8 Å². The molecule has 152 valence electrons. The molecule has 0 aliphatic carbocycles. The van der Waals surface area contributed by atoms with Crippen LogP contribution in [0.2, 0.25) is 0 Å². The van der Waals surface area contributed by atoms with E-state index in [9.17, 15) is 9.59 Å². The summed E-state index contributed by atoms with van der Waals surface area (Å²) in [4.78, 5) is 30.0. The summed E-state index contributed by atoms with van der Waals surface area (Å²) >= 11 is 0. The standard InChI is InChI=1S/C22H30N2O4/c1-4-28-15-7-12-24-21(25)19(17-8-5-6-9-18(17)27-3)20(22(24)26)23-13-10-16(2)11-14-23/h5-6,8-9,16H,4,7,10-15H2,1-3H3. The van der Waals surface area contributed by atoms with E-state index in [2.05, 4.69) is 11.8 Å². The van der Waals surface area contributed by atoms with Crippen molar-refractivity contribution >= 4 is 17.4 Å². The predicted octanol–water partition coefficient (Wildman–Crippen LogP) is 2.93. The van der Waals surface area contributed by atoms with Crippen molar-refractivity contribution in [3.63, 3.8) is 0 Å². The quantitative estimate of drug-likeness (QED) is 0.508. The van der Waals surface area contributed by atoms with Gasteiger partial charge in [-0.05, 0) is 38.2 Å². The molecule has 0 unspecified atom stereocenters. The van der Waals surface area contributed by atoms with Crippen molar-refractivity contribution in [3.8, 4) is 5.75 Å².